The van der Waals surface area contributed by atoms with Crippen LogP contribution in [-0.2, 0) is 16.8 Å². The van der Waals surface area contributed by atoms with E-state index in [0.29, 0.717) is 25.1 Å². The van der Waals surface area contributed by atoms with Crippen LogP contribution in [0.25, 0.3) is 0 Å². The Bertz CT molecular complexity index is 441. The minimum Gasteiger partial charge on any atom is -0.465 e. The van der Waals surface area contributed by atoms with Crippen LogP contribution in [0.1, 0.15) is 12.8 Å². The quantitative estimate of drug-likeness (QED) is 0.342. The van der Waals surface area contributed by atoms with Gasteiger partial charge >= 0.3 is 15.1 Å². The summed E-state index contributed by atoms with van der Waals surface area (Å²) in [5, 5.41) is 11.0. The fourth-order valence-corrected chi connectivity index (χ4v) is 13.7. The third-order valence-corrected chi connectivity index (χ3v) is 13.4. The predicted molar refractivity (Wildman–Crippen MR) is 115 cm³/mol. The zero-order chi connectivity index (χ0) is 20.8. The van der Waals surface area contributed by atoms with Crippen molar-refractivity contribution in [1.82, 2.24) is 5.32 Å². The van der Waals surface area contributed by atoms with Crippen molar-refractivity contribution in [1.29, 1.82) is 0 Å². The number of carboxylic acid groups (broad SMARTS) is 1. The Hall–Kier alpha value is -0.282. The van der Waals surface area contributed by atoms with E-state index < -0.39 is 40.1 Å². The molecule has 0 aliphatic rings. The van der Waals surface area contributed by atoms with Crippen molar-refractivity contribution < 1.29 is 26.7 Å². The summed E-state index contributed by atoms with van der Waals surface area (Å²) >= 11 is 0. The minimum absolute atomic E-state index is 0.367. The van der Waals surface area contributed by atoms with Gasteiger partial charge in [0.1, 0.15) is 0 Å². The summed E-state index contributed by atoms with van der Waals surface area (Å²) in [6, 6.07) is 0. The fraction of sp³-hybridized carbons (Fsp3) is 0.800. The molecule has 26 heavy (non-hydrogen) atoms. The lowest BCUT2D eigenvalue weighted by Crippen LogP contribution is -2.62. The van der Waals surface area contributed by atoms with Gasteiger partial charge in [0.15, 0.2) is 25.0 Å². The molecule has 0 bridgehead atoms. The van der Waals surface area contributed by atoms with Crippen molar-refractivity contribution >= 4 is 40.1 Å². The Balaban J connectivity index is 5.20. The van der Waals surface area contributed by atoms with Crippen LogP contribution in [0.3, 0.4) is 0 Å². The van der Waals surface area contributed by atoms with Gasteiger partial charge in [0.2, 0.25) is 0 Å². The number of nitrogens with one attached hydrogen (secondary N) is 1. The topological polar surface area (TPSA) is 86.3 Å². The number of carbonyl (C=O) groups is 1. The zero-order valence-electron chi connectivity index (χ0n) is 17.8. The molecular formula is C15H37NO6Si4. The Morgan fingerprint density at radius 2 is 1.27 bits per heavy atom. The highest BCUT2D eigenvalue weighted by molar-refractivity contribution is 6.87. The molecule has 0 aromatic carbocycles. The molecule has 11 heteroatoms. The molecule has 0 aromatic heterocycles. The van der Waals surface area contributed by atoms with E-state index in [0.717, 1.165) is 0 Å². The summed E-state index contributed by atoms with van der Waals surface area (Å²) in [6.07, 6.45) is -0.0118. The lowest BCUT2D eigenvalue weighted by molar-refractivity contribution is 0.0823. The SMILES string of the molecule is C=C(CCCO[Si](O[Si](C)(C)C)(O[Si](C)(C)C)O[Si](C)(C)C)NC(=O)O. The van der Waals surface area contributed by atoms with Crippen LogP contribution in [0.5, 0.6) is 0 Å². The Kier molecular flexibility index (Phi) is 9.67. The highest BCUT2D eigenvalue weighted by atomic mass is 28.5. The molecule has 0 aliphatic carbocycles. The summed E-state index contributed by atoms with van der Waals surface area (Å²) in [6.45, 7) is 22.9. The van der Waals surface area contributed by atoms with Crippen molar-refractivity contribution in [3.8, 4) is 0 Å². The summed E-state index contributed by atoms with van der Waals surface area (Å²) in [7, 11) is -9.20. The van der Waals surface area contributed by atoms with E-state index in [4.69, 9.17) is 21.9 Å². The van der Waals surface area contributed by atoms with Crippen LogP contribution >= 0.6 is 0 Å². The standard InChI is InChI=1S/C15H37NO6Si4/c1-14(16-15(17)18)12-11-13-19-26(20-23(2,3)4,21-24(5,6)7)22-25(8,9)10/h16H,1,11-13H2,2-10H3,(H,17,18). The van der Waals surface area contributed by atoms with Crippen LogP contribution in [0, 0.1) is 0 Å². The van der Waals surface area contributed by atoms with Crippen LogP contribution in [0.2, 0.25) is 58.9 Å². The summed E-state index contributed by atoms with van der Waals surface area (Å²) < 4.78 is 25.4. The third kappa shape index (κ3) is 13.9. The van der Waals surface area contributed by atoms with Gasteiger partial charge in [-0.2, -0.15) is 0 Å². The first-order chi connectivity index (χ1) is 11.4. The molecule has 0 saturated heterocycles. The molecule has 1 amide bonds. The molecule has 2 N–H and O–H groups in total. The van der Waals surface area contributed by atoms with Gasteiger partial charge in [0.05, 0.1) is 0 Å². The van der Waals surface area contributed by atoms with E-state index in [-0.39, 0.29) is 0 Å². The summed E-state index contributed by atoms with van der Waals surface area (Å²) in [4.78, 5) is 10.6. The average molecular weight is 440 g/mol. The molecule has 0 heterocycles. The normalized spacial score (nSPS) is 13.6. The first-order valence-electron chi connectivity index (χ1n) is 8.85. The fourth-order valence-electron chi connectivity index (χ4n) is 1.97. The second-order valence-electron chi connectivity index (χ2n) is 9.13. The average Bonchev–Trinajstić information content (AvgIpc) is 2.26. The molecule has 154 valence electrons. The van der Waals surface area contributed by atoms with Crippen molar-refractivity contribution in [3.63, 3.8) is 0 Å². The van der Waals surface area contributed by atoms with Crippen molar-refractivity contribution in [2.45, 2.75) is 71.8 Å². The second-order valence-corrected chi connectivity index (χ2v) is 25.5. The maximum atomic E-state index is 10.6. The monoisotopic (exact) mass is 439 g/mol. The van der Waals surface area contributed by atoms with E-state index in [1.807, 2.05) is 0 Å². The molecule has 0 atom stereocenters. The van der Waals surface area contributed by atoms with Crippen molar-refractivity contribution in [2.75, 3.05) is 6.61 Å². The number of rotatable bonds is 12. The molecule has 0 rings (SSSR count). The molecule has 0 fully saturated rings. The second kappa shape index (κ2) is 9.77. The van der Waals surface area contributed by atoms with Crippen LogP contribution in [0.4, 0.5) is 4.79 Å². The Labute approximate surface area is 163 Å². The van der Waals surface area contributed by atoms with Gasteiger partial charge in [-0.1, -0.05) is 6.58 Å². The van der Waals surface area contributed by atoms with E-state index in [1.165, 1.54) is 0 Å². The maximum Gasteiger partial charge on any atom is 0.647 e. The largest absolute Gasteiger partial charge is 0.647 e. The van der Waals surface area contributed by atoms with E-state index >= 15 is 0 Å². The number of amides is 1. The number of hydrogen-bond donors (Lipinski definition) is 2. The van der Waals surface area contributed by atoms with Gasteiger partial charge < -0.3 is 21.9 Å². The van der Waals surface area contributed by atoms with Gasteiger partial charge in [0.25, 0.3) is 0 Å². The molecule has 0 saturated carbocycles. The zero-order valence-corrected chi connectivity index (χ0v) is 21.8. The highest BCUT2D eigenvalue weighted by Gasteiger charge is 2.53. The Morgan fingerprint density at radius 1 is 0.885 bits per heavy atom. The lowest BCUT2D eigenvalue weighted by Gasteiger charge is -2.40. The first kappa shape index (κ1) is 25.7. The lowest BCUT2D eigenvalue weighted by atomic mass is 10.3. The van der Waals surface area contributed by atoms with Gasteiger partial charge in [0, 0.05) is 12.3 Å². The highest BCUT2D eigenvalue weighted by Crippen LogP contribution is 2.27. The van der Waals surface area contributed by atoms with Gasteiger partial charge in [-0.05, 0) is 71.8 Å². The predicted octanol–water partition coefficient (Wildman–Crippen LogP) is 4.55. The maximum absolute atomic E-state index is 10.6. The smallest absolute Gasteiger partial charge is 0.465 e. The van der Waals surface area contributed by atoms with Crippen molar-refractivity contribution in [3.05, 3.63) is 12.3 Å². The third-order valence-electron chi connectivity index (χ3n) is 2.48. The molecule has 0 unspecified atom stereocenters. The summed E-state index contributed by atoms with van der Waals surface area (Å²) in [5.74, 6) is 0. The minimum atomic E-state index is -3.29. The van der Waals surface area contributed by atoms with Crippen LogP contribution in [-0.4, -0.2) is 51.8 Å². The molecule has 0 radical (unpaired) electrons. The van der Waals surface area contributed by atoms with Gasteiger partial charge in [-0.25, -0.2) is 4.79 Å². The summed E-state index contributed by atoms with van der Waals surface area (Å²) in [5.41, 5.74) is 0.441. The van der Waals surface area contributed by atoms with E-state index in [2.05, 4.69) is 70.8 Å². The van der Waals surface area contributed by atoms with Gasteiger partial charge in [-0.3, -0.25) is 5.32 Å². The van der Waals surface area contributed by atoms with Crippen LogP contribution < -0.4 is 5.32 Å². The molecular weight excluding hydrogens is 403 g/mol. The van der Waals surface area contributed by atoms with E-state index in [9.17, 15) is 4.79 Å². The van der Waals surface area contributed by atoms with E-state index in [1.54, 1.807) is 0 Å². The van der Waals surface area contributed by atoms with Gasteiger partial charge in [-0.15, -0.1) is 0 Å². The molecule has 0 aromatic rings. The first-order valence-corrected chi connectivity index (χ1v) is 20.7. The van der Waals surface area contributed by atoms with Crippen molar-refractivity contribution in [2.24, 2.45) is 0 Å². The molecule has 0 spiro atoms. The molecule has 0 aliphatic heterocycles. The molecule has 7 nitrogen and oxygen atoms in total. The number of hydrogen-bond acceptors (Lipinski definition) is 5. The number of allylic oxidation sites excluding steroid dienone is 1. The Morgan fingerprint density at radius 3 is 1.58 bits per heavy atom. The van der Waals surface area contributed by atoms with Crippen LogP contribution in [0.15, 0.2) is 12.3 Å².